The monoisotopic (exact) mass is 216 g/mol. The summed E-state index contributed by atoms with van der Waals surface area (Å²) < 4.78 is 0. The van der Waals surface area contributed by atoms with E-state index in [-0.39, 0.29) is 11.4 Å². The third kappa shape index (κ3) is 1.83. The molecule has 0 aliphatic rings. The molecule has 0 unspecified atom stereocenters. The van der Waals surface area contributed by atoms with Crippen molar-refractivity contribution in [2.45, 2.75) is 0 Å². The largest absolute Gasteiger partial charge is 0.506 e. The molecule has 1 aromatic carbocycles. The molecule has 2 rings (SSSR count). The summed E-state index contributed by atoms with van der Waals surface area (Å²) in [6.45, 7) is 0. The lowest BCUT2D eigenvalue weighted by Crippen LogP contribution is -1.89. The Morgan fingerprint density at radius 3 is 2.75 bits per heavy atom. The molecular weight excluding hydrogens is 208 g/mol. The molecule has 0 spiro atoms. The van der Waals surface area contributed by atoms with Crippen LogP contribution in [-0.4, -0.2) is 15.0 Å². The topological polar surface area (TPSA) is 76.3 Å². The van der Waals surface area contributed by atoms with Crippen molar-refractivity contribution in [2.75, 3.05) is 0 Å². The van der Waals surface area contributed by atoms with Crippen molar-refractivity contribution in [2.24, 2.45) is 0 Å². The number of pyridine rings is 1. The number of benzene rings is 1. The predicted octanol–water partition coefficient (Wildman–Crippen LogP) is 2.36. The maximum absolute atomic E-state index is 10.6. The summed E-state index contributed by atoms with van der Waals surface area (Å²) in [6, 6.07) is 9.07. The van der Waals surface area contributed by atoms with Gasteiger partial charge in [-0.2, -0.15) is 0 Å². The minimum atomic E-state index is -0.483. The maximum atomic E-state index is 10.6. The molecule has 0 atom stereocenters. The predicted molar refractivity (Wildman–Crippen MR) is 58.0 cm³/mol. The number of rotatable bonds is 2. The van der Waals surface area contributed by atoms with Gasteiger partial charge in [-0.05, 0) is 12.1 Å². The highest BCUT2D eigenvalue weighted by Gasteiger charge is 2.10. The molecule has 0 fully saturated rings. The second kappa shape index (κ2) is 3.98. The first-order chi connectivity index (χ1) is 7.68. The molecule has 1 N–H and O–H groups in total. The zero-order chi connectivity index (χ0) is 11.5. The summed E-state index contributed by atoms with van der Waals surface area (Å²) >= 11 is 0. The van der Waals surface area contributed by atoms with Gasteiger partial charge in [0.1, 0.15) is 11.4 Å². The second-order valence-corrected chi connectivity index (χ2v) is 3.18. The zero-order valence-corrected chi connectivity index (χ0v) is 8.20. The molecule has 0 bridgehead atoms. The standard InChI is InChI=1S/C11H8N2O3/c14-10-5-2-6-12-11(10)8-3-1-4-9(7-8)13(15)16/h1-7,14H. The van der Waals surface area contributed by atoms with Gasteiger partial charge in [-0.15, -0.1) is 0 Å². The number of hydrogen-bond acceptors (Lipinski definition) is 4. The Hall–Kier alpha value is -2.43. The van der Waals surface area contributed by atoms with Crippen molar-refractivity contribution in [3.05, 3.63) is 52.7 Å². The van der Waals surface area contributed by atoms with E-state index in [0.29, 0.717) is 11.3 Å². The number of nitro groups is 1. The van der Waals surface area contributed by atoms with Crippen LogP contribution < -0.4 is 0 Å². The molecule has 0 aliphatic carbocycles. The van der Waals surface area contributed by atoms with E-state index in [1.807, 2.05) is 0 Å². The van der Waals surface area contributed by atoms with Gasteiger partial charge in [-0.1, -0.05) is 12.1 Å². The van der Waals surface area contributed by atoms with Gasteiger partial charge in [0.15, 0.2) is 0 Å². The van der Waals surface area contributed by atoms with Crippen molar-refractivity contribution >= 4 is 5.69 Å². The fourth-order valence-electron chi connectivity index (χ4n) is 1.39. The lowest BCUT2D eigenvalue weighted by atomic mass is 10.1. The Morgan fingerprint density at radius 1 is 1.25 bits per heavy atom. The van der Waals surface area contributed by atoms with Crippen LogP contribution in [0.5, 0.6) is 5.75 Å². The van der Waals surface area contributed by atoms with Crippen LogP contribution in [0.15, 0.2) is 42.6 Å². The zero-order valence-electron chi connectivity index (χ0n) is 8.20. The average molecular weight is 216 g/mol. The van der Waals surface area contributed by atoms with Crippen LogP contribution in [0.2, 0.25) is 0 Å². The Labute approximate surface area is 91.2 Å². The van der Waals surface area contributed by atoms with Crippen molar-refractivity contribution in [3.63, 3.8) is 0 Å². The quantitative estimate of drug-likeness (QED) is 0.617. The first-order valence-electron chi connectivity index (χ1n) is 4.57. The van der Waals surface area contributed by atoms with Crippen LogP contribution in [0, 0.1) is 10.1 Å². The van der Waals surface area contributed by atoms with E-state index in [1.54, 1.807) is 18.2 Å². The van der Waals surface area contributed by atoms with E-state index in [9.17, 15) is 15.2 Å². The number of nitrogens with zero attached hydrogens (tertiary/aromatic N) is 2. The Morgan fingerprint density at radius 2 is 2.06 bits per heavy atom. The van der Waals surface area contributed by atoms with Crippen LogP contribution in [0.1, 0.15) is 0 Å². The van der Waals surface area contributed by atoms with Gasteiger partial charge in [0.25, 0.3) is 5.69 Å². The lowest BCUT2D eigenvalue weighted by Gasteiger charge is -2.02. The van der Waals surface area contributed by atoms with Gasteiger partial charge in [-0.25, -0.2) is 0 Å². The molecule has 0 radical (unpaired) electrons. The van der Waals surface area contributed by atoms with Crippen molar-refractivity contribution in [1.29, 1.82) is 0 Å². The highest BCUT2D eigenvalue weighted by molar-refractivity contribution is 5.67. The summed E-state index contributed by atoms with van der Waals surface area (Å²) in [5.41, 5.74) is 0.834. The highest BCUT2D eigenvalue weighted by atomic mass is 16.6. The lowest BCUT2D eigenvalue weighted by molar-refractivity contribution is -0.384. The van der Waals surface area contributed by atoms with Crippen LogP contribution in [0.25, 0.3) is 11.3 Å². The van der Waals surface area contributed by atoms with Gasteiger partial charge in [0.2, 0.25) is 0 Å². The van der Waals surface area contributed by atoms with E-state index >= 15 is 0 Å². The van der Waals surface area contributed by atoms with Gasteiger partial charge in [0.05, 0.1) is 4.92 Å². The van der Waals surface area contributed by atoms with Crippen molar-refractivity contribution in [3.8, 4) is 17.0 Å². The Kier molecular flexibility index (Phi) is 2.51. The Balaban J connectivity index is 2.53. The molecule has 1 heterocycles. The fraction of sp³-hybridized carbons (Fsp3) is 0. The number of non-ortho nitro benzene ring substituents is 1. The molecule has 2 aromatic rings. The highest BCUT2D eigenvalue weighted by Crippen LogP contribution is 2.28. The van der Waals surface area contributed by atoms with Gasteiger partial charge in [-0.3, -0.25) is 15.1 Å². The summed E-state index contributed by atoms with van der Waals surface area (Å²) in [7, 11) is 0. The summed E-state index contributed by atoms with van der Waals surface area (Å²) in [4.78, 5) is 14.1. The molecule has 0 saturated carbocycles. The summed E-state index contributed by atoms with van der Waals surface area (Å²) in [6.07, 6.45) is 1.52. The minimum Gasteiger partial charge on any atom is -0.506 e. The molecule has 80 valence electrons. The molecule has 0 amide bonds. The first-order valence-corrected chi connectivity index (χ1v) is 4.57. The van der Waals surface area contributed by atoms with Crippen LogP contribution in [0.3, 0.4) is 0 Å². The summed E-state index contributed by atoms with van der Waals surface area (Å²) in [5.74, 6) is 0.00278. The van der Waals surface area contributed by atoms with E-state index < -0.39 is 4.92 Å². The molecule has 5 heteroatoms. The van der Waals surface area contributed by atoms with Crippen molar-refractivity contribution < 1.29 is 10.0 Å². The number of hydrogen-bond donors (Lipinski definition) is 1. The fourth-order valence-corrected chi connectivity index (χ4v) is 1.39. The second-order valence-electron chi connectivity index (χ2n) is 3.18. The van der Waals surface area contributed by atoms with Crippen molar-refractivity contribution in [1.82, 2.24) is 4.98 Å². The van der Waals surface area contributed by atoms with Gasteiger partial charge in [0, 0.05) is 23.9 Å². The normalized spacial score (nSPS) is 10.0. The maximum Gasteiger partial charge on any atom is 0.270 e. The molecule has 0 aliphatic heterocycles. The SMILES string of the molecule is O=[N+]([O-])c1cccc(-c2ncccc2O)c1. The van der Waals surface area contributed by atoms with E-state index in [2.05, 4.69) is 4.98 Å². The van der Waals surface area contributed by atoms with E-state index in [0.717, 1.165) is 0 Å². The number of nitro benzene ring substituents is 1. The average Bonchev–Trinajstić information content (AvgIpc) is 2.30. The third-order valence-electron chi connectivity index (χ3n) is 2.12. The number of aromatic hydroxyl groups is 1. The minimum absolute atomic E-state index is 0.00278. The molecule has 16 heavy (non-hydrogen) atoms. The molecule has 0 saturated heterocycles. The van der Waals surface area contributed by atoms with Crippen LogP contribution in [0.4, 0.5) is 5.69 Å². The molecule has 5 nitrogen and oxygen atoms in total. The van der Waals surface area contributed by atoms with Gasteiger partial charge >= 0.3 is 0 Å². The third-order valence-corrected chi connectivity index (χ3v) is 2.12. The molecule has 1 aromatic heterocycles. The van der Waals surface area contributed by atoms with Gasteiger partial charge < -0.3 is 5.11 Å². The smallest absolute Gasteiger partial charge is 0.270 e. The molecular formula is C11H8N2O3. The van der Waals surface area contributed by atoms with E-state index in [4.69, 9.17) is 0 Å². The van der Waals surface area contributed by atoms with E-state index in [1.165, 1.54) is 24.4 Å². The number of aromatic nitrogens is 1. The Bertz CT molecular complexity index is 540. The first kappa shape index (κ1) is 10.1. The van der Waals surface area contributed by atoms with Crippen LogP contribution in [-0.2, 0) is 0 Å². The van der Waals surface area contributed by atoms with Crippen LogP contribution >= 0.6 is 0 Å². The summed E-state index contributed by atoms with van der Waals surface area (Å²) in [5, 5.41) is 20.2.